The number of aromatic nitrogens is 1. The first kappa shape index (κ1) is 12.9. The predicted octanol–water partition coefficient (Wildman–Crippen LogP) is 2.33. The van der Waals surface area contributed by atoms with Crippen LogP contribution in [0.15, 0.2) is 30.5 Å². The molecule has 1 aromatic heterocycles. The van der Waals surface area contributed by atoms with Crippen molar-refractivity contribution in [3.8, 4) is 0 Å². The Morgan fingerprint density at radius 3 is 2.65 bits per heavy atom. The summed E-state index contributed by atoms with van der Waals surface area (Å²) < 4.78 is 3.18. The molecule has 17 heavy (non-hydrogen) atoms. The molecule has 0 amide bonds. The Morgan fingerprint density at radius 1 is 1.35 bits per heavy atom. The number of benzene rings is 1. The largest absolute Gasteiger partial charge is 0.394 e. The van der Waals surface area contributed by atoms with E-state index < -0.39 is 11.6 Å². The van der Waals surface area contributed by atoms with Crippen LogP contribution in [0.4, 0.5) is 0 Å². The molecule has 0 spiro atoms. The SMILES string of the molecule is CC(C)([C@@H](O)CO)n1cc(I)c2ccccc21. The van der Waals surface area contributed by atoms with Gasteiger partial charge in [0.2, 0.25) is 0 Å². The standard InChI is InChI=1S/C13H16INO2/c1-13(2,12(17)8-16)15-7-10(14)9-5-3-4-6-11(9)15/h3-7,12,16-17H,8H2,1-2H3/t12-/m0/s1. The smallest absolute Gasteiger partial charge is 0.0999 e. The number of nitrogens with zero attached hydrogens (tertiary/aromatic N) is 1. The molecule has 0 unspecified atom stereocenters. The van der Waals surface area contributed by atoms with E-state index in [0.29, 0.717) is 0 Å². The number of hydrogen-bond acceptors (Lipinski definition) is 2. The molecule has 0 saturated heterocycles. The van der Waals surface area contributed by atoms with Gasteiger partial charge in [0.25, 0.3) is 0 Å². The molecule has 0 fully saturated rings. The number of para-hydroxylation sites is 1. The van der Waals surface area contributed by atoms with Crippen LogP contribution in [-0.2, 0) is 5.54 Å². The van der Waals surface area contributed by atoms with E-state index in [-0.39, 0.29) is 6.61 Å². The Hall–Kier alpha value is -0.590. The molecule has 3 nitrogen and oxygen atoms in total. The maximum atomic E-state index is 9.93. The summed E-state index contributed by atoms with van der Waals surface area (Å²) in [6.45, 7) is 3.61. The fourth-order valence-corrected chi connectivity index (χ4v) is 2.73. The molecular formula is C13H16INO2. The van der Waals surface area contributed by atoms with Gasteiger partial charge in [-0.15, -0.1) is 0 Å². The monoisotopic (exact) mass is 345 g/mol. The van der Waals surface area contributed by atoms with Crippen LogP contribution < -0.4 is 0 Å². The van der Waals surface area contributed by atoms with E-state index in [4.69, 9.17) is 5.11 Å². The highest BCUT2D eigenvalue weighted by molar-refractivity contribution is 14.1. The van der Waals surface area contributed by atoms with Gasteiger partial charge in [-0.3, -0.25) is 0 Å². The highest BCUT2D eigenvalue weighted by atomic mass is 127. The average molecular weight is 345 g/mol. The van der Waals surface area contributed by atoms with Crippen LogP contribution in [-0.4, -0.2) is 27.5 Å². The van der Waals surface area contributed by atoms with Crippen molar-refractivity contribution in [2.24, 2.45) is 0 Å². The molecule has 92 valence electrons. The quantitative estimate of drug-likeness (QED) is 0.839. The van der Waals surface area contributed by atoms with E-state index in [1.165, 1.54) is 5.39 Å². The summed E-state index contributed by atoms with van der Waals surface area (Å²) >= 11 is 2.29. The van der Waals surface area contributed by atoms with Crippen molar-refractivity contribution in [2.45, 2.75) is 25.5 Å². The molecule has 1 heterocycles. The molecule has 0 aliphatic carbocycles. The molecule has 0 aliphatic rings. The van der Waals surface area contributed by atoms with Gasteiger partial charge < -0.3 is 14.8 Å². The third-order valence-corrected chi connectivity index (χ3v) is 4.13. The number of rotatable bonds is 3. The van der Waals surface area contributed by atoms with Crippen LogP contribution >= 0.6 is 22.6 Å². The van der Waals surface area contributed by atoms with Gasteiger partial charge in [-0.1, -0.05) is 18.2 Å². The summed E-state index contributed by atoms with van der Waals surface area (Å²) in [7, 11) is 0. The molecule has 2 aromatic rings. The molecule has 2 rings (SSSR count). The summed E-state index contributed by atoms with van der Waals surface area (Å²) in [6, 6.07) is 8.08. The summed E-state index contributed by atoms with van der Waals surface area (Å²) in [5, 5.41) is 20.3. The molecule has 0 aliphatic heterocycles. The van der Waals surface area contributed by atoms with E-state index in [1.807, 2.05) is 42.8 Å². The van der Waals surface area contributed by atoms with Crippen molar-refractivity contribution >= 4 is 33.5 Å². The van der Waals surface area contributed by atoms with E-state index >= 15 is 0 Å². The van der Waals surface area contributed by atoms with Gasteiger partial charge in [0.15, 0.2) is 0 Å². The zero-order chi connectivity index (χ0) is 12.6. The Bertz CT molecular complexity index is 533. The van der Waals surface area contributed by atoms with E-state index in [1.54, 1.807) is 0 Å². The van der Waals surface area contributed by atoms with Crippen LogP contribution in [0, 0.1) is 3.57 Å². The lowest BCUT2D eigenvalue weighted by atomic mass is 9.97. The van der Waals surface area contributed by atoms with Crippen LogP contribution in [0.5, 0.6) is 0 Å². The average Bonchev–Trinajstić information content (AvgIpc) is 2.67. The molecule has 1 atom stereocenters. The van der Waals surface area contributed by atoms with Gasteiger partial charge in [-0.05, 0) is 42.5 Å². The maximum absolute atomic E-state index is 9.93. The van der Waals surface area contributed by atoms with Crippen molar-refractivity contribution in [2.75, 3.05) is 6.61 Å². The van der Waals surface area contributed by atoms with E-state index in [2.05, 4.69) is 28.7 Å². The zero-order valence-corrected chi connectivity index (χ0v) is 12.0. The molecule has 4 heteroatoms. The van der Waals surface area contributed by atoms with Crippen LogP contribution in [0.1, 0.15) is 13.8 Å². The lowest BCUT2D eigenvalue weighted by Crippen LogP contribution is -2.41. The second kappa shape index (κ2) is 4.59. The highest BCUT2D eigenvalue weighted by Gasteiger charge is 2.30. The van der Waals surface area contributed by atoms with Crippen molar-refractivity contribution in [1.82, 2.24) is 4.57 Å². The second-order valence-electron chi connectivity index (χ2n) is 4.72. The highest BCUT2D eigenvalue weighted by Crippen LogP contribution is 2.30. The first-order valence-electron chi connectivity index (χ1n) is 5.53. The molecule has 0 saturated carbocycles. The normalized spacial score (nSPS) is 14.2. The Kier molecular flexibility index (Phi) is 3.47. The topological polar surface area (TPSA) is 45.4 Å². The minimum absolute atomic E-state index is 0.240. The van der Waals surface area contributed by atoms with Crippen molar-refractivity contribution < 1.29 is 10.2 Å². The Balaban J connectivity index is 2.63. The predicted molar refractivity (Wildman–Crippen MR) is 77.1 cm³/mol. The third kappa shape index (κ3) is 2.09. The number of aliphatic hydroxyl groups is 2. The number of hydrogen-bond donors (Lipinski definition) is 2. The van der Waals surface area contributed by atoms with E-state index in [0.717, 1.165) is 9.09 Å². The lowest BCUT2D eigenvalue weighted by molar-refractivity contribution is 0.0123. The second-order valence-corrected chi connectivity index (χ2v) is 5.88. The summed E-state index contributed by atoms with van der Waals surface area (Å²) in [6.07, 6.45) is 1.23. The number of fused-ring (bicyclic) bond motifs is 1. The van der Waals surface area contributed by atoms with Gasteiger partial charge >= 0.3 is 0 Å². The Morgan fingerprint density at radius 2 is 2.00 bits per heavy atom. The van der Waals surface area contributed by atoms with Gasteiger partial charge in [0.05, 0.1) is 18.2 Å². The van der Waals surface area contributed by atoms with Crippen molar-refractivity contribution in [3.63, 3.8) is 0 Å². The van der Waals surface area contributed by atoms with Crippen LogP contribution in [0.2, 0.25) is 0 Å². The molecule has 0 bridgehead atoms. The molecule has 2 N–H and O–H groups in total. The van der Waals surface area contributed by atoms with Gasteiger partial charge in [0.1, 0.15) is 0 Å². The fourth-order valence-electron chi connectivity index (χ4n) is 2.00. The minimum atomic E-state index is -0.783. The van der Waals surface area contributed by atoms with Gasteiger partial charge in [0, 0.05) is 20.7 Å². The van der Waals surface area contributed by atoms with Crippen LogP contribution in [0.3, 0.4) is 0 Å². The first-order chi connectivity index (χ1) is 7.98. The number of aliphatic hydroxyl groups excluding tert-OH is 2. The van der Waals surface area contributed by atoms with Crippen molar-refractivity contribution in [1.29, 1.82) is 0 Å². The van der Waals surface area contributed by atoms with E-state index in [9.17, 15) is 5.11 Å². The summed E-state index contributed by atoms with van der Waals surface area (Å²) in [5.74, 6) is 0. The molecular weight excluding hydrogens is 329 g/mol. The lowest BCUT2D eigenvalue weighted by Gasteiger charge is -2.32. The maximum Gasteiger partial charge on any atom is 0.0999 e. The molecule has 0 radical (unpaired) electrons. The minimum Gasteiger partial charge on any atom is -0.394 e. The number of halogens is 1. The van der Waals surface area contributed by atoms with Gasteiger partial charge in [-0.2, -0.15) is 0 Å². The fraction of sp³-hybridized carbons (Fsp3) is 0.385. The first-order valence-corrected chi connectivity index (χ1v) is 6.61. The third-order valence-electron chi connectivity index (χ3n) is 3.27. The zero-order valence-electron chi connectivity index (χ0n) is 9.89. The summed E-state index contributed by atoms with van der Waals surface area (Å²) in [5.41, 5.74) is 0.548. The Labute approximate surface area is 114 Å². The van der Waals surface area contributed by atoms with Crippen molar-refractivity contribution in [3.05, 3.63) is 34.0 Å². The molecule has 1 aromatic carbocycles. The van der Waals surface area contributed by atoms with Crippen LogP contribution in [0.25, 0.3) is 10.9 Å². The van der Waals surface area contributed by atoms with Gasteiger partial charge in [-0.25, -0.2) is 0 Å². The summed E-state index contributed by atoms with van der Waals surface area (Å²) in [4.78, 5) is 0.